The van der Waals surface area contributed by atoms with Crippen molar-refractivity contribution in [2.45, 2.75) is 154 Å². The van der Waals surface area contributed by atoms with E-state index in [0.29, 0.717) is 5.92 Å². The Bertz CT molecular complexity index is 645. The molecule has 1 aromatic rings. The van der Waals surface area contributed by atoms with E-state index in [-0.39, 0.29) is 0 Å². The molecule has 0 heterocycles. The van der Waals surface area contributed by atoms with Gasteiger partial charge in [0.2, 0.25) is 0 Å². The monoisotopic (exact) mass is 464 g/mol. The Hall–Kier alpha value is -1.04. The van der Waals surface area contributed by atoms with Crippen molar-refractivity contribution in [2.24, 2.45) is 11.8 Å². The summed E-state index contributed by atoms with van der Waals surface area (Å²) in [5.41, 5.74) is 3.16. The molecule has 0 aromatic heterocycles. The van der Waals surface area contributed by atoms with Crippen LogP contribution in [0, 0.1) is 11.8 Å². The third kappa shape index (κ3) is 9.91. The summed E-state index contributed by atoms with van der Waals surface area (Å²) >= 11 is 0. The van der Waals surface area contributed by atoms with Crippen LogP contribution in [0.25, 0.3) is 0 Å². The molecule has 2 atom stereocenters. The first kappa shape index (κ1) is 27.5. The molecule has 0 radical (unpaired) electrons. The first-order chi connectivity index (χ1) is 16.8. The van der Waals surface area contributed by atoms with Crippen LogP contribution < -0.4 is 0 Å². The Kier molecular flexibility index (Phi) is 13.4. The van der Waals surface area contributed by atoms with Crippen molar-refractivity contribution in [1.29, 1.82) is 0 Å². The molecule has 0 spiro atoms. The molecule has 1 saturated carbocycles. The lowest BCUT2D eigenvalue weighted by Crippen LogP contribution is -2.13. The van der Waals surface area contributed by atoms with Crippen LogP contribution in [0.5, 0.6) is 0 Å². The number of allylic oxidation sites excluding steroid dienone is 2. The van der Waals surface area contributed by atoms with Crippen LogP contribution in [0.15, 0.2) is 36.4 Å². The lowest BCUT2D eigenvalue weighted by molar-refractivity contribution is 0.302. The molecule has 1 aromatic carbocycles. The van der Waals surface area contributed by atoms with Crippen LogP contribution in [0.1, 0.15) is 165 Å². The average Bonchev–Trinajstić information content (AvgIpc) is 2.89. The van der Waals surface area contributed by atoms with Crippen molar-refractivity contribution in [1.82, 2.24) is 0 Å². The Morgan fingerprint density at radius 1 is 0.529 bits per heavy atom. The highest BCUT2D eigenvalue weighted by Gasteiger charge is 2.23. The Morgan fingerprint density at radius 3 is 1.71 bits per heavy atom. The molecule has 0 nitrogen and oxygen atoms in total. The third-order valence-electron chi connectivity index (χ3n) is 9.04. The second kappa shape index (κ2) is 16.6. The minimum atomic E-state index is 0.655. The van der Waals surface area contributed by atoms with Gasteiger partial charge in [-0.15, -0.1) is 0 Å². The van der Waals surface area contributed by atoms with Crippen molar-refractivity contribution in [2.75, 3.05) is 0 Å². The minimum Gasteiger partial charge on any atom is -0.0848 e. The van der Waals surface area contributed by atoms with Crippen LogP contribution >= 0.6 is 0 Å². The highest BCUT2D eigenvalue weighted by Crippen LogP contribution is 2.39. The van der Waals surface area contributed by atoms with E-state index in [9.17, 15) is 0 Å². The molecule has 192 valence electrons. The first-order valence-electron chi connectivity index (χ1n) is 15.6. The van der Waals surface area contributed by atoms with Gasteiger partial charge in [-0.1, -0.05) is 134 Å². The molecule has 34 heavy (non-hydrogen) atoms. The largest absolute Gasteiger partial charge is 0.0848 e. The van der Waals surface area contributed by atoms with Gasteiger partial charge < -0.3 is 0 Å². The quantitative estimate of drug-likeness (QED) is 0.168. The van der Waals surface area contributed by atoms with Crippen molar-refractivity contribution >= 4 is 0 Å². The predicted octanol–water partition coefficient (Wildman–Crippen LogP) is 11.5. The van der Waals surface area contributed by atoms with Gasteiger partial charge in [0.1, 0.15) is 0 Å². The van der Waals surface area contributed by atoms with Gasteiger partial charge in [0.25, 0.3) is 0 Å². The lowest BCUT2D eigenvalue weighted by atomic mass is 9.76. The molecular formula is C34H56. The van der Waals surface area contributed by atoms with E-state index < -0.39 is 0 Å². The highest BCUT2D eigenvalue weighted by molar-refractivity contribution is 5.31. The van der Waals surface area contributed by atoms with Gasteiger partial charge in [-0.25, -0.2) is 0 Å². The maximum atomic E-state index is 2.56. The standard InChI is InChI=1S/C34H56/c1-3-5-7-9-10-11-12-14-16-30-19-23-32(24-20-30)34-27-25-33(26-28-34)31-21-17-29(18-22-31)15-13-8-6-4-2/h19,23,25-32H,3-18,20-22,24H2,1-2H3. The summed E-state index contributed by atoms with van der Waals surface area (Å²) in [4.78, 5) is 0. The van der Waals surface area contributed by atoms with E-state index in [2.05, 4.69) is 50.3 Å². The minimum absolute atomic E-state index is 0.655. The van der Waals surface area contributed by atoms with E-state index in [1.807, 2.05) is 0 Å². The van der Waals surface area contributed by atoms with E-state index in [1.165, 1.54) is 128 Å². The summed E-state index contributed by atoms with van der Waals surface area (Å²) in [5, 5.41) is 0. The van der Waals surface area contributed by atoms with Crippen LogP contribution in [0.4, 0.5) is 0 Å². The Labute approximate surface area is 213 Å². The van der Waals surface area contributed by atoms with E-state index in [4.69, 9.17) is 0 Å². The molecule has 0 bridgehead atoms. The summed E-state index contributed by atoms with van der Waals surface area (Å²) in [6.45, 7) is 4.62. The van der Waals surface area contributed by atoms with Gasteiger partial charge in [0.05, 0.1) is 0 Å². The average molecular weight is 465 g/mol. The van der Waals surface area contributed by atoms with Crippen molar-refractivity contribution in [3.8, 4) is 0 Å². The smallest absolute Gasteiger partial charge is 0.00182 e. The van der Waals surface area contributed by atoms with Crippen LogP contribution in [0.2, 0.25) is 0 Å². The van der Waals surface area contributed by atoms with Gasteiger partial charge in [0, 0.05) is 5.92 Å². The molecule has 3 rings (SSSR count). The molecule has 0 saturated heterocycles. The summed E-state index contributed by atoms with van der Waals surface area (Å²) < 4.78 is 0. The van der Waals surface area contributed by atoms with Gasteiger partial charge in [-0.2, -0.15) is 0 Å². The number of hydrogen-bond donors (Lipinski definition) is 0. The summed E-state index contributed by atoms with van der Waals surface area (Å²) in [6.07, 6.45) is 33.7. The SMILES string of the molecule is CCCCCCCCCCC1C=CC(c2ccc(C3CCC(CCCCCC)CC3)cc2)CC1. The van der Waals surface area contributed by atoms with Crippen LogP contribution in [0.3, 0.4) is 0 Å². The van der Waals surface area contributed by atoms with Gasteiger partial charge in [0.15, 0.2) is 0 Å². The Morgan fingerprint density at radius 2 is 1.09 bits per heavy atom. The summed E-state index contributed by atoms with van der Waals surface area (Å²) in [6, 6.07) is 9.87. The number of hydrogen-bond acceptors (Lipinski definition) is 0. The third-order valence-corrected chi connectivity index (χ3v) is 9.04. The number of rotatable bonds is 16. The van der Waals surface area contributed by atoms with Crippen molar-refractivity contribution in [3.05, 3.63) is 47.5 Å². The maximum absolute atomic E-state index is 2.56. The molecule has 2 unspecified atom stereocenters. The molecule has 0 amide bonds. The molecule has 2 aliphatic carbocycles. The highest BCUT2D eigenvalue weighted by atomic mass is 14.3. The zero-order valence-electron chi connectivity index (χ0n) is 22.9. The summed E-state index contributed by atoms with van der Waals surface area (Å²) in [7, 11) is 0. The fraction of sp³-hybridized carbons (Fsp3) is 0.765. The lowest BCUT2D eigenvalue weighted by Gasteiger charge is -2.29. The van der Waals surface area contributed by atoms with Crippen LogP contribution in [-0.4, -0.2) is 0 Å². The molecule has 1 fully saturated rings. The van der Waals surface area contributed by atoms with E-state index >= 15 is 0 Å². The van der Waals surface area contributed by atoms with E-state index in [1.54, 1.807) is 11.1 Å². The number of benzene rings is 1. The zero-order valence-corrected chi connectivity index (χ0v) is 22.9. The molecular weight excluding hydrogens is 408 g/mol. The topological polar surface area (TPSA) is 0 Å². The molecule has 0 aliphatic heterocycles. The van der Waals surface area contributed by atoms with E-state index in [0.717, 1.165) is 17.8 Å². The predicted molar refractivity (Wildman–Crippen MR) is 152 cm³/mol. The van der Waals surface area contributed by atoms with Crippen molar-refractivity contribution in [3.63, 3.8) is 0 Å². The van der Waals surface area contributed by atoms with Crippen molar-refractivity contribution < 1.29 is 0 Å². The Balaban J connectivity index is 1.32. The van der Waals surface area contributed by atoms with Crippen LogP contribution in [-0.2, 0) is 0 Å². The fourth-order valence-electron chi connectivity index (χ4n) is 6.60. The normalized spacial score (nSPS) is 25.0. The first-order valence-corrected chi connectivity index (χ1v) is 15.6. The maximum Gasteiger partial charge on any atom is 0.00182 e. The molecule has 0 N–H and O–H groups in total. The van der Waals surface area contributed by atoms with Gasteiger partial charge >= 0.3 is 0 Å². The molecule has 0 heteroatoms. The second-order valence-corrected chi connectivity index (χ2v) is 11.8. The van der Waals surface area contributed by atoms with Gasteiger partial charge in [-0.05, 0) is 73.8 Å². The molecule has 2 aliphatic rings. The second-order valence-electron chi connectivity index (χ2n) is 11.8. The zero-order chi connectivity index (χ0) is 23.8. The van der Waals surface area contributed by atoms with Gasteiger partial charge in [-0.3, -0.25) is 0 Å². The summed E-state index contributed by atoms with van der Waals surface area (Å²) in [5.74, 6) is 3.33. The fourth-order valence-corrected chi connectivity index (χ4v) is 6.60. The number of unbranched alkanes of at least 4 members (excludes halogenated alkanes) is 10.